The van der Waals surface area contributed by atoms with E-state index >= 15 is 0 Å². The van der Waals surface area contributed by atoms with Crippen LogP contribution >= 0.6 is 15.9 Å². The van der Waals surface area contributed by atoms with Gasteiger partial charge in [0.25, 0.3) is 0 Å². The molecule has 1 aromatic rings. The maximum Gasteiger partial charge on any atom is 0.0628 e. The third-order valence-corrected chi connectivity index (χ3v) is 3.08. The molecule has 2 nitrogen and oxygen atoms in total. The molecular formula is C13H20BrNO. The highest BCUT2D eigenvalue weighted by molar-refractivity contribution is 9.10. The summed E-state index contributed by atoms with van der Waals surface area (Å²) >= 11 is 3.46. The number of nitrogens with zero attached hydrogens (tertiary/aromatic N) is 1. The van der Waals surface area contributed by atoms with E-state index in [1.807, 2.05) is 12.1 Å². The minimum Gasteiger partial charge on any atom is -0.394 e. The molecule has 0 saturated heterocycles. The quantitative estimate of drug-likeness (QED) is 0.899. The second kappa shape index (κ2) is 6.38. The summed E-state index contributed by atoms with van der Waals surface area (Å²) in [6.07, 6.45) is 0. The molecule has 1 unspecified atom stereocenters. The van der Waals surface area contributed by atoms with E-state index in [0.29, 0.717) is 5.92 Å². The van der Waals surface area contributed by atoms with Crippen LogP contribution in [0.25, 0.3) is 0 Å². The maximum atomic E-state index is 9.50. The minimum atomic E-state index is 0.0832. The van der Waals surface area contributed by atoms with Crippen LogP contribution < -0.4 is 0 Å². The van der Waals surface area contributed by atoms with E-state index < -0.39 is 0 Å². The molecule has 1 atom stereocenters. The van der Waals surface area contributed by atoms with Crippen LogP contribution in [0, 0.1) is 5.92 Å². The molecule has 0 aliphatic heterocycles. The lowest BCUT2D eigenvalue weighted by Crippen LogP contribution is -2.30. The Balaban J connectivity index is 2.81. The highest BCUT2D eigenvalue weighted by atomic mass is 79.9. The lowest BCUT2D eigenvalue weighted by atomic mass is 10.1. The van der Waals surface area contributed by atoms with Gasteiger partial charge < -0.3 is 5.11 Å². The van der Waals surface area contributed by atoms with Crippen LogP contribution in [0.15, 0.2) is 28.7 Å². The van der Waals surface area contributed by atoms with Crippen LogP contribution in [0.1, 0.15) is 25.5 Å². The van der Waals surface area contributed by atoms with Gasteiger partial charge in [-0.3, -0.25) is 4.90 Å². The second-order valence-corrected chi connectivity index (χ2v) is 5.50. The zero-order valence-electron chi connectivity index (χ0n) is 10.2. The van der Waals surface area contributed by atoms with Gasteiger partial charge in [0.1, 0.15) is 0 Å². The molecule has 0 bridgehead atoms. The summed E-state index contributed by atoms with van der Waals surface area (Å²) in [5.74, 6) is 0.603. The zero-order valence-corrected chi connectivity index (χ0v) is 11.7. The van der Waals surface area contributed by atoms with E-state index in [1.165, 1.54) is 0 Å². The molecule has 0 heterocycles. The molecule has 0 radical (unpaired) electrons. The monoisotopic (exact) mass is 285 g/mol. The van der Waals surface area contributed by atoms with Crippen molar-refractivity contribution < 1.29 is 5.11 Å². The van der Waals surface area contributed by atoms with E-state index in [4.69, 9.17) is 0 Å². The number of hydrogen-bond donors (Lipinski definition) is 1. The van der Waals surface area contributed by atoms with Crippen molar-refractivity contribution in [3.05, 3.63) is 34.3 Å². The highest BCUT2D eigenvalue weighted by Gasteiger charge is 2.16. The Labute approximate surface area is 106 Å². The molecular weight excluding hydrogens is 266 g/mol. The van der Waals surface area contributed by atoms with Gasteiger partial charge in [0.2, 0.25) is 0 Å². The first-order valence-corrected chi connectivity index (χ1v) is 6.40. The van der Waals surface area contributed by atoms with Gasteiger partial charge in [-0.1, -0.05) is 41.9 Å². The second-order valence-electron chi connectivity index (χ2n) is 4.59. The van der Waals surface area contributed by atoms with Gasteiger partial charge in [0, 0.05) is 11.0 Å². The van der Waals surface area contributed by atoms with Crippen molar-refractivity contribution in [2.24, 2.45) is 5.92 Å². The summed E-state index contributed by atoms with van der Waals surface area (Å²) in [6, 6.07) is 8.21. The van der Waals surface area contributed by atoms with Gasteiger partial charge in [-0.25, -0.2) is 0 Å². The third kappa shape index (κ3) is 3.89. The number of halogens is 1. The predicted molar refractivity (Wildman–Crippen MR) is 71.4 cm³/mol. The van der Waals surface area contributed by atoms with Crippen LogP contribution in [0.4, 0.5) is 0 Å². The molecule has 0 fully saturated rings. The van der Waals surface area contributed by atoms with Crippen molar-refractivity contribution in [3.63, 3.8) is 0 Å². The lowest BCUT2D eigenvalue weighted by molar-refractivity contribution is 0.137. The molecule has 0 aliphatic rings. The van der Waals surface area contributed by atoms with Gasteiger partial charge in [-0.15, -0.1) is 0 Å². The molecule has 3 heteroatoms. The molecule has 16 heavy (non-hydrogen) atoms. The molecule has 1 N–H and O–H groups in total. The fourth-order valence-corrected chi connectivity index (χ4v) is 2.33. The van der Waals surface area contributed by atoms with Crippen molar-refractivity contribution in [2.75, 3.05) is 20.2 Å². The average molecular weight is 286 g/mol. The SMILES string of the molecule is CC(C)CN(C)C(CO)c1cccc(Br)c1. The normalized spacial score (nSPS) is 13.4. The summed E-state index contributed by atoms with van der Waals surface area (Å²) in [4.78, 5) is 2.20. The van der Waals surface area contributed by atoms with Crippen LogP contribution in [0.3, 0.4) is 0 Å². The molecule has 0 saturated carbocycles. The fraction of sp³-hybridized carbons (Fsp3) is 0.538. The number of rotatable bonds is 5. The van der Waals surface area contributed by atoms with Crippen molar-refractivity contribution in [3.8, 4) is 0 Å². The first kappa shape index (κ1) is 13.7. The Hall–Kier alpha value is -0.380. The Morgan fingerprint density at radius 1 is 1.38 bits per heavy atom. The molecule has 0 aliphatic carbocycles. The lowest BCUT2D eigenvalue weighted by Gasteiger charge is -2.28. The third-order valence-electron chi connectivity index (χ3n) is 2.59. The smallest absolute Gasteiger partial charge is 0.0628 e. The first-order chi connectivity index (χ1) is 7.54. The average Bonchev–Trinajstić information content (AvgIpc) is 2.17. The topological polar surface area (TPSA) is 23.5 Å². The number of likely N-dealkylation sites (N-methyl/N-ethyl adjacent to an activating group) is 1. The van der Waals surface area contributed by atoms with Gasteiger partial charge in [0.15, 0.2) is 0 Å². The zero-order chi connectivity index (χ0) is 12.1. The number of hydrogen-bond acceptors (Lipinski definition) is 2. The first-order valence-electron chi connectivity index (χ1n) is 5.61. The molecule has 0 spiro atoms. The summed E-state index contributed by atoms with van der Waals surface area (Å²) in [6.45, 7) is 5.51. The molecule has 0 aromatic heterocycles. The summed E-state index contributed by atoms with van der Waals surface area (Å²) in [5, 5.41) is 9.50. The van der Waals surface area contributed by atoms with E-state index in [0.717, 1.165) is 16.6 Å². The molecule has 1 rings (SSSR count). The fourth-order valence-electron chi connectivity index (χ4n) is 1.92. The van der Waals surface area contributed by atoms with Crippen molar-refractivity contribution >= 4 is 15.9 Å². The Morgan fingerprint density at radius 3 is 2.56 bits per heavy atom. The van der Waals surface area contributed by atoms with E-state index in [-0.39, 0.29) is 12.6 Å². The highest BCUT2D eigenvalue weighted by Crippen LogP contribution is 2.22. The van der Waals surface area contributed by atoms with Crippen LogP contribution in [-0.2, 0) is 0 Å². The van der Waals surface area contributed by atoms with E-state index in [1.54, 1.807) is 0 Å². The Morgan fingerprint density at radius 2 is 2.06 bits per heavy atom. The standard InChI is InChI=1S/C13H20BrNO/c1-10(2)8-15(3)13(9-16)11-5-4-6-12(14)7-11/h4-7,10,13,16H,8-9H2,1-3H3. The van der Waals surface area contributed by atoms with E-state index in [9.17, 15) is 5.11 Å². The summed E-state index contributed by atoms with van der Waals surface area (Å²) < 4.78 is 1.06. The van der Waals surface area contributed by atoms with Gasteiger partial charge in [-0.05, 0) is 30.7 Å². The number of benzene rings is 1. The van der Waals surface area contributed by atoms with Gasteiger partial charge in [0.05, 0.1) is 12.6 Å². The van der Waals surface area contributed by atoms with Crippen molar-refractivity contribution in [1.29, 1.82) is 0 Å². The Kier molecular flexibility index (Phi) is 5.46. The predicted octanol–water partition coefficient (Wildman–Crippen LogP) is 3.07. The van der Waals surface area contributed by atoms with Gasteiger partial charge >= 0.3 is 0 Å². The van der Waals surface area contributed by atoms with Crippen LogP contribution in [-0.4, -0.2) is 30.2 Å². The van der Waals surface area contributed by atoms with Gasteiger partial charge in [-0.2, -0.15) is 0 Å². The number of aliphatic hydroxyl groups excluding tert-OH is 1. The van der Waals surface area contributed by atoms with Crippen molar-refractivity contribution in [2.45, 2.75) is 19.9 Å². The van der Waals surface area contributed by atoms with Crippen LogP contribution in [0.2, 0.25) is 0 Å². The molecule has 1 aromatic carbocycles. The minimum absolute atomic E-state index is 0.0832. The maximum absolute atomic E-state index is 9.50. The number of aliphatic hydroxyl groups is 1. The molecule has 90 valence electrons. The molecule has 0 amide bonds. The van der Waals surface area contributed by atoms with Crippen LogP contribution in [0.5, 0.6) is 0 Å². The van der Waals surface area contributed by atoms with Crippen molar-refractivity contribution in [1.82, 2.24) is 4.90 Å². The largest absolute Gasteiger partial charge is 0.394 e. The summed E-state index contributed by atoms with van der Waals surface area (Å²) in [5.41, 5.74) is 1.15. The van der Waals surface area contributed by atoms with E-state index in [2.05, 4.69) is 53.9 Å². The Bertz CT molecular complexity index is 327. The summed E-state index contributed by atoms with van der Waals surface area (Å²) in [7, 11) is 2.06.